The van der Waals surface area contributed by atoms with Crippen molar-refractivity contribution in [2.75, 3.05) is 33.4 Å². The zero-order chi connectivity index (χ0) is 14.6. The zero-order valence-corrected chi connectivity index (χ0v) is 11.9. The van der Waals surface area contributed by atoms with Crippen LogP contribution in [0.15, 0.2) is 0 Å². The monoisotopic (exact) mass is 274 g/mol. The Hall–Kier alpha value is -1.50. The highest BCUT2D eigenvalue weighted by Crippen LogP contribution is 2.16. The Morgan fingerprint density at radius 1 is 1.26 bits per heavy atom. The average Bonchev–Trinajstić information content (AvgIpc) is 2.34. The molecule has 0 aromatic heterocycles. The van der Waals surface area contributed by atoms with Gasteiger partial charge >= 0.3 is 12.2 Å². The minimum absolute atomic E-state index is 0.229. The van der Waals surface area contributed by atoms with Crippen molar-refractivity contribution < 1.29 is 24.2 Å². The van der Waals surface area contributed by atoms with Crippen LogP contribution in [0.1, 0.15) is 20.8 Å². The molecular formula is C12H22N2O5. The van der Waals surface area contributed by atoms with Gasteiger partial charge in [0.05, 0.1) is 19.8 Å². The average molecular weight is 274 g/mol. The van der Waals surface area contributed by atoms with Crippen LogP contribution in [0, 0.1) is 0 Å². The van der Waals surface area contributed by atoms with Crippen LogP contribution in [0.25, 0.3) is 0 Å². The van der Waals surface area contributed by atoms with Crippen molar-refractivity contribution >= 4 is 12.2 Å². The molecule has 1 aliphatic heterocycles. The molecule has 1 aliphatic rings. The van der Waals surface area contributed by atoms with Crippen molar-refractivity contribution in [3.05, 3.63) is 0 Å². The molecule has 0 aromatic carbocycles. The maximum absolute atomic E-state index is 12.0. The van der Waals surface area contributed by atoms with Gasteiger partial charge in [-0.2, -0.15) is 0 Å². The van der Waals surface area contributed by atoms with E-state index in [-0.39, 0.29) is 13.2 Å². The summed E-state index contributed by atoms with van der Waals surface area (Å²) in [5, 5.41) is 9.35. The number of ether oxygens (including phenoxy) is 2. The predicted molar refractivity (Wildman–Crippen MR) is 67.8 cm³/mol. The molecule has 1 saturated heterocycles. The summed E-state index contributed by atoms with van der Waals surface area (Å²) in [6.45, 7) is 6.03. The molecule has 2 amide bonds. The molecule has 0 unspecified atom stereocenters. The number of nitrogens with zero attached hydrogens (tertiary/aromatic N) is 2. The quantitative estimate of drug-likeness (QED) is 0.760. The van der Waals surface area contributed by atoms with Crippen LogP contribution in [0.5, 0.6) is 0 Å². The number of aliphatic hydroxyl groups is 1. The Kier molecular flexibility index (Phi) is 4.99. The van der Waals surface area contributed by atoms with Gasteiger partial charge in [0.2, 0.25) is 0 Å². The number of hydrogen-bond donors (Lipinski definition) is 1. The van der Waals surface area contributed by atoms with E-state index in [1.54, 1.807) is 20.8 Å². The molecular weight excluding hydrogens is 252 g/mol. The van der Waals surface area contributed by atoms with Crippen LogP contribution in [-0.2, 0) is 9.47 Å². The van der Waals surface area contributed by atoms with Gasteiger partial charge in [-0.3, -0.25) is 4.90 Å². The van der Waals surface area contributed by atoms with Crippen LogP contribution < -0.4 is 0 Å². The fraction of sp³-hybridized carbons (Fsp3) is 0.833. The Bertz CT molecular complexity index is 340. The van der Waals surface area contributed by atoms with E-state index < -0.39 is 23.8 Å². The van der Waals surface area contributed by atoms with E-state index in [1.807, 2.05) is 0 Å². The first-order valence-corrected chi connectivity index (χ1v) is 6.22. The molecule has 0 radical (unpaired) electrons. The van der Waals surface area contributed by atoms with E-state index in [2.05, 4.69) is 4.74 Å². The third-order valence-electron chi connectivity index (χ3n) is 2.75. The van der Waals surface area contributed by atoms with Gasteiger partial charge in [0.15, 0.2) is 0 Å². The molecule has 1 fully saturated rings. The SMILES string of the molecule is COC(=O)N1CCN(C(=O)OC(C)(C)C)[C@@H](CO)C1. The predicted octanol–water partition coefficient (Wildman–Crippen LogP) is 0.666. The van der Waals surface area contributed by atoms with Crippen LogP contribution >= 0.6 is 0 Å². The fourth-order valence-corrected chi connectivity index (χ4v) is 1.87. The van der Waals surface area contributed by atoms with Gasteiger partial charge < -0.3 is 19.5 Å². The molecule has 7 nitrogen and oxygen atoms in total. The Labute approximate surface area is 113 Å². The summed E-state index contributed by atoms with van der Waals surface area (Å²) in [6.07, 6.45) is -0.932. The van der Waals surface area contributed by atoms with Crippen LogP contribution in [0.4, 0.5) is 9.59 Å². The lowest BCUT2D eigenvalue weighted by Gasteiger charge is -2.40. The number of rotatable bonds is 1. The van der Waals surface area contributed by atoms with Crippen LogP contribution in [0.3, 0.4) is 0 Å². The number of carbonyl (C=O) groups is 2. The summed E-state index contributed by atoms with van der Waals surface area (Å²) in [7, 11) is 1.30. The lowest BCUT2D eigenvalue weighted by molar-refractivity contribution is -0.0107. The second-order valence-corrected chi connectivity index (χ2v) is 5.43. The molecule has 1 rings (SSSR count). The van der Waals surface area contributed by atoms with Crippen LogP contribution in [-0.4, -0.2) is 72.1 Å². The largest absolute Gasteiger partial charge is 0.453 e. The smallest absolute Gasteiger partial charge is 0.410 e. The van der Waals surface area contributed by atoms with Gasteiger partial charge in [-0.1, -0.05) is 0 Å². The van der Waals surface area contributed by atoms with E-state index >= 15 is 0 Å². The molecule has 0 aliphatic carbocycles. The van der Waals surface area contributed by atoms with Gasteiger partial charge in [0, 0.05) is 19.6 Å². The van der Waals surface area contributed by atoms with Gasteiger partial charge in [-0.05, 0) is 20.8 Å². The first-order chi connectivity index (χ1) is 8.78. The molecule has 1 atom stereocenters. The number of hydrogen-bond acceptors (Lipinski definition) is 5. The van der Waals surface area contributed by atoms with Gasteiger partial charge in [-0.25, -0.2) is 9.59 Å². The highest BCUT2D eigenvalue weighted by atomic mass is 16.6. The lowest BCUT2D eigenvalue weighted by atomic mass is 10.2. The maximum Gasteiger partial charge on any atom is 0.410 e. The van der Waals surface area contributed by atoms with Crippen molar-refractivity contribution in [2.24, 2.45) is 0 Å². The van der Waals surface area contributed by atoms with E-state index in [1.165, 1.54) is 16.9 Å². The Morgan fingerprint density at radius 2 is 1.89 bits per heavy atom. The van der Waals surface area contributed by atoms with E-state index in [0.717, 1.165) is 0 Å². The minimum Gasteiger partial charge on any atom is -0.453 e. The normalized spacial score (nSPS) is 20.2. The van der Waals surface area contributed by atoms with E-state index in [4.69, 9.17) is 4.74 Å². The van der Waals surface area contributed by atoms with E-state index in [0.29, 0.717) is 13.1 Å². The first-order valence-electron chi connectivity index (χ1n) is 6.22. The summed E-state index contributed by atoms with van der Waals surface area (Å²) in [5.74, 6) is 0. The third kappa shape index (κ3) is 4.27. The number of aliphatic hydroxyl groups excluding tert-OH is 1. The van der Waals surface area contributed by atoms with Crippen molar-refractivity contribution in [1.82, 2.24) is 9.80 Å². The highest BCUT2D eigenvalue weighted by molar-refractivity contribution is 5.71. The molecule has 0 aromatic rings. The van der Waals surface area contributed by atoms with Gasteiger partial charge in [0.1, 0.15) is 5.60 Å². The third-order valence-corrected chi connectivity index (χ3v) is 2.75. The molecule has 0 spiro atoms. The molecule has 19 heavy (non-hydrogen) atoms. The van der Waals surface area contributed by atoms with Crippen molar-refractivity contribution in [2.45, 2.75) is 32.4 Å². The number of methoxy groups -OCH3 is 1. The molecule has 0 bridgehead atoms. The molecule has 1 N–H and O–H groups in total. The summed E-state index contributed by atoms with van der Waals surface area (Å²) in [6, 6.07) is -0.470. The number of piperazine rings is 1. The topological polar surface area (TPSA) is 79.3 Å². The van der Waals surface area contributed by atoms with Gasteiger partial charge in [-0.15, -0.1) is 0 Å². The highest BCUT2D eigenvalue weighted by Gasteiger charge is 2.34. The minimum atomic E-state index is -0.587. The van der Waals surface area contributed by atoms with Crippen molar-refractivity contribution in [3.63, 3.8) is 0 Å². The summed E-state index contributed by atoms with van der Waals surface area (Å²) >= 11 is 0. The standard InChI is InChI=1S/C12H22N2O5/c1-12(2,3)19-11(17)14-6-5-13(10(16)18-4)7-9(14)8-15/h9,15H,5-8H2,1-4H3/t9-/m1/s1. The first kappa shape index (κ1) is 15.6. The molecule has 1 heterocycles. The maximum atomic E-state index is 12.0. The summed E-state index contributed by atoms with van der Waals surface area (Å²) in [4.78, 5) is 26.3. The van der Waals surface area contributed by atoms with Gasteiger partial charge in [0.25, 0.3) is 0 Å². The number of carbonyl (C=O) groups excluding carboxylic acids is 2. The zero-order valence-electron chi connectivity index (χ0n) is 11.9. The van der Waals surface area contributed by atoms with E-state index in [9.17, 15) is 14.7 Å². The fourth-order valence-electron chi connectivity index (χ4n) is 1.87. The second-order valence-electron chi connectivity index (χ2n) is 5.43. The van der Waals surface area contributed by atoms with Crippen LogP contribution in [0.2, 0.25) is 0 Å². The Morgan fingerprint density at radius 3 is 2.37 bits per heavy atom. The second kappa shape index (κ2) is 6.10. The lowest BCUT2D eigenvalue weighted by Crippen LogP contribution is -2.58. The molecule has 0 saturated carbocycles. The number of amides is 2. The van der Waals surface area contributed by atoms with Crippen molar-refractivity contribution in [3.8, 4) is 0 Å². The summed E-state index contributed by atoms with van der Waals surface area (Å²) in [5.41, 5.74) is -0.587. The molecule has 110 valence electrons. The Balaban J connectivity index is 2.67. The summed E-state index contributed by atoms with van der Waals surface area (Å²) < 4.78 is 9.90. The van der Waals surface area contributed by atoms with Crippen molar-refractivity contribution in [1.29, 1.82) is 0 Å². The molecule has 7 heteroatoms.